The van der Waals surface area contributed by atoms with E-state index in [9.17, 15) is 9.18 Å². The lowest BCUT2D eigenvalue weighted by molar-refractivity contribution is -0.121. The molecule has 0 spiro atoms. The summed E-state index contributed by atoms with van der Waals surface area (Å²) in [5, 5.41) is 6.09. The van der Waals surface area contributed by atoms with E-state index in [0.29, 0.717) is 30.9 Å². The molecule has 104 valence electrons. The Balaban J connectivity index is 1.73. The van der Waals surface area contributed by atoms with Gasteiger partial charge in [0.15, 0.2) is 0 Å². The first-order valence-electron chi connectivity index (χ1n) is 6.56. The lowest BCUT2D eigenvalue weighted by atomic mass is 10.0. The van der Waals surface area contributed by atoms with E-state index in [0.717, 1.165) is 24.0 Å². The molecule has 1 atom stereocenters. The molecule has 1 amide bonds. The smallest absolute Gasteiger partial charge is 0.220 e. The number of halogens is 2. The lowest BCUT2D eigenvalue weighted by Gasteiger charge is -2.09. The van der Waals surface area contributed by atoms with E-state index >= 15 is 0 Å². The maximum Gasteiger partial charge on any atom is 0.220 e. The van der Waals surface area contributed by atoms with Crippen LogP contribution in [0.1, 0.15) is 18.4 Å². The van der Waals surface area contributed by atoms with Crippen LogP contribution in [0.15, 0.2) is 22.7 Å². The van der Waals surface area contributed by atoms with Crippen molar-refractivity contribution in [1.29, 1.82) is 0 Å². The predicted octanol–water partition coefficient (Wildman–Crippen LogP) is 2.25. The molecule has 1 aliphatic heterocycles. The maximum atomic E-state index is 13.5. The second-order valence-corrected chi connectivity index (χ2v) is 5.81. The highest BCUT2D eigenvalue weighted by atomic mass is 79.9. The quantitative estimate of drug-likeness (QED) is 0.870. The molecule has 0 radical (unpaired) electrons. The number of hydrogen-bond donors (Lipinski definition) is 2. The molecule has 5 heteroatoms. The molecule has 0 aromatic heterocycles. The summed E-state index contributed by atoms with van der Waals surface area (Å²) in [6.07, 6.45) is 2.14. The van der Waals surface area contributed by atoms with Crippen LogP contribution in [-0.4, -0.2) is 25.5 Å². The van der Waals surface area contributed by atoms with Crippen LogP contribution in [-0.2, 0) is 11.2 Å². The normalized spacial score (nSPS) is 18.5. The molecule has 1 aliphatic rings. The average molecular weight is 329 g/mol. The van der Waals surface area contributed by atoms with Gasteiger partial charge in [0.05, 0.1) is 0 Å². The predicted molar refractivity (Wildman–Crippen MR) is 76.4 cm³/mol. The van der Waals surface area contributed by atoms with Crippen molar-refractivity contribution in [2.75, 3.05) is 19.6 Å². The Kier molecular flexibility index (Phi) is 5.34. The summed E-state index contributed by atoms with van der Waals surface area (Å²) in [5.41, 5.74) is 0.622. The molecule has 2 rings (SSSR count). The van der Waals surface area contributed by atoms with Crippen molar-refractivity contribution in [3.63, 3.8) is 0 Å². The molecule has 19 heavy (non-hydrogen) atoms. The van der Waals surface area contributed by atoms with Crippen LogP contribution in [0.4, 0.5) is 4.39 Å². The lowest BCUT2D eigenvalue weighted by Crippen LogP contribution is -2.28. The monoisotopic (exact) mass is 328 g/mol. The minimum atomic E-state index is -0.225. The average Bonchev–Trinajstić information content (AvgIpc) is 2.86. The standard InChI is InChI=1S/C14H18BrFN2O/c15-12-1-2-13(16)11(8-12)4-6-18-14(19)7-10-3-5-17-9-10/h1-2,8,10,17H,3-7,9H2,(H,18,19). The van der Waals surface area contributed by atoms with Crippen LogP contribution in [0.5, 0.6) is 0 Å². The number of carbonyl (C=O) groups excluding carboxylic acids is 1. The van der Waals surface area contributed by atoms with E-state index in [1.807, 2.05) is 0 Å². The first-order valence-corrected chi connectivity index (χ1v) is 7.36. The fourth-order valence-corrected chi connectivity index (χ4v) is 2.70. The van der Waals surface area contributed by atoms with Gasteiger partial charge in [-0.05, 0) is 55.6 Å². The molecule has 3 nitrogen and oxygen atoms in total. The zero-order valence-electron chi connectivity index (χ0n) is 10.7. The van der Waals surface area contributed by atoms with Gasteiger partial charge in [-0.1, -0.05) is 15.9 Å². The van der Waals surface area contributed by atoms with Crippen LogP contribution >= 0.6 is 15.9 Å². The third kappa shape index (κ3) is 4.58. The summed E-state index contributed by atoms with van der Waals surface area (Å²) < 4.78 is 14.3. The van der Waals surface area contributed by atoms with Gasteiger partial charge in [-0.3, -0.25) is 4.79 Å². The summed E-state index contributed by atoms with van der Waals surface area (Å²) in [6.45, 7) is 2.40. The van der Waals surface area contributed by atoms with Crippen LogP contribution < -0.4 is 10.6 Å². The molecular formula is C14H18BrFN2O. The summed E-state index contributed by atoms with van der Waals surface area (Å²) in [4.78, 5) is 11.7. The van der Waals surface area contributed by atoms with Crippen molar-refractivity contribution in [3.05, 3.63) is 34.1 Å². The van der Waals surface area contributed by atoms with Gasteiger partial charge in [-0.25, -0.2) is 4.39 Å². The minimum Gasteiger partial charge on any atom is -0.356 e. The Labute approximate surface area is 121 Å². The van der Waals surface area contributed by atoms with E-state index in [1.165, 1.54) is 6.07 Å². The number of hydrogen-bond acceptors (Lipinski definition) is 2. The number of amides is 1. The first kappa shape index (κ1) is 14.5. The van der Waals surface area contributed by atoms with E-state index in [1.54, 1.807) is 12.1 Å². The zero-order chi connectivity index (χ0) is 13.7. The summed E-state index contributed by atoms with van der Waals surface area (Å²) >= 11 is 3.31. The van der Waals surface area contributed by atoms with Gasteiger partial charge in [-0.15, -0.1) is 0 Å². The summed E-state index contributed by atoms with van der Waals surface area (Å²) in [5.74, 6) is 0.282. The van der Waals surface area contributed by atoms with Crippen LogP contribution in [0.3, 0.4) is 0 Å². The van der Waals surface area contributed by atoms with Gasteiger partial charge in [0.2, 0.25) is 5.91 Å². The Morgan fingerprint density at radius 1 is 1.53 bits per heavy atom. The van der Waals surface area contributed by atoms with Crippen molar-refractivity contribution in [2.45, 2.75) is 19.3 Å². The van der Waals surface area contributed by atoms with Gasteiger partial charge in [0.25, 0.3) is 0 Å². The third-order valence-corrected chi connectivity index (χ3v) is 3.85. The van der Waals surface area contributed by atoms with Crippen LogP contribution in [0.2, 0.25) is 0 Å². The highest BCUT2D eigenvalue weighted by Crippen LogP contribution is 2.16. The van der Waals surface area contributed by atoms with E-state index in [4.69, 9.17) is 0 Å². The van der Waals surface area contributed by atoms with Gasteiger partial charge < -0.3 is 10.6 Å². The number of benzene rings is 1. The maximum absolute atomic E-state index is 13.5. The molecule has 0 saturated carbocycles. The second-order valence-electron chi connectivity index (χ2n) is 4.90. The molecule has 1 fully saturated rings. The molecule has 2 N–H and O–H groups in total. The molecule has 1 heterocycles. The highest BCUT2D eigenvalue weighted by molar-refractivity contribution is 9.10. The highest BCUT2D eigenvalue weighted by Gasteiger charge is 2.17. The van der Waals surface area contributed by atoms with Gasteiger partial charge >= 0.3 is 0 Å². The molecular weight excluding hydrogens is 311 g/mol. The summed E-state index contributed by atoms with van der Waals surface area (Å²) in [6, 6.07) is 4.86. The van der Waals surface area contributed by atoms with Crippen LogP contribution in [0, 0.1) is 11.7 Å². The Hall–Kier alpha value is -0.940. The van der Waals surface area contributed by atoms with Crippen molar-refractivity contribution in [3.8, 4) is 0 Å². The molecule has 0 aliphatic carbocycles. The van der Waals surface area contributed by atoms with E-state index in [-0.39, 0.29) is 11.7 Å². The topological polar surface area (TPSA) is 41.1 Å². The Bertz CT molecular complexity index is 447. The summed E-state index contributed by atoms with van der Waals surface area (Å²) in [7, 11) is 0. The fourth-order valence-electron chi connectivity index (χ4n) is 2.29. The van der Waals surface area contributed by atoms with Crippen molar-refractivity contribution in [2.24, 2.45) is 5.92 Å². The van der Waals surface area contributed by atoms with E-state index in [2.05, 4.69) is 26.6 Å². The first-order chi connectivity index (χ1) is 9.15. The van der Waals surface area contributed by atoms with Crippen molar-refractivity contribution in [1.82, 2.24) is 10.6 Å². The largest absolute Gasteiger partial charge is 0.356 e. The molecule has 1 aromatic rings. The molecule has 0 bridgehead atoms. The third-order valence-electron chi connectivity index (χ3n) is 3.36. The van der Waals surface area contributed by atoms with Crippen molar-refractivity contribution < 1.29 is 9.18 Å². The Morgan fingerprint density at radius 3 is 3.11 bits per heavy atom. The number of rotatable bonds is 5. The number of carbonyl (C=O) groups is 1. The van der Waals surface area contributed by atoms with Crippen molar-refractivity contribution >= 4 is 21.8 Å². The Morgan fingerprint density at radius 2 is 2.37 bits per heavy atom. The van der Waals surface area contributed by atoms with Gasteiger partial charge in [-0.2, -0.15) is 0 Å². The second kappa shape index (κ2) is 7.01. The molecule has 1 aromatic carbocycles. The SMILES string of the molecule is O=C(CC1CCNC1)NCCc1cc(Br)ccc1F. The zero-order valence-corrected chi connectivity index (χ0v) is 12.3. The fraction of sp³-hybridized carbons (Fsp3) is 0.500. The molecule has 1 unspecified atom stereocenters. The minimum absolute atomic E-state index is 0.0594. The molecule has 1 saturated heterocycles. The van der Waals surface area contributed by atoms with Gasteiger partial charge in [0, 0.05) is 17.4 Å². The number of nitrogens with one attached hydrogen (secondary N) is 2. The van der Waals surface area contributed by atoms with Gasteiger partial charge in [0.1, 0.15) is 5.82 Å². The van der Waals surface area contributed by atoms with Crippen LogP contribution in [0.25, 0.3) is 0 Å². The van der Waals surface area contributed by atoms with E-state index < -0.39 is 0 Å².